The van der Waals surface area contributed by atoms with Gasteiger partial charge in [-0.05, 0) is 25.0 Å². The molecule has 0 radical (unpaired) electrons. The molecule has 0 amide bonds. The van der Waals surface area contributed by atoms with Gasteiger partial charge in [0.2, 0.25) is 0 Å². The molecule has 0 fully saturated rings. The molecular weight excluding hydrogens is 231 g/mol. The molecule has 2 aromatic rings. The van der Waals surface area contributed by atoms with Gasteiger partial charge in [0.25, 0.3) is 0 Å². The van der Waals surface area contributed by atoms with Crippen molar-refractivity contribution in [2.24, 2.45) is 5.84 Å². The fraction of sp³-hybridized carbons (Fsp3) is 0.231. The maximum atomic E-state index is 13.5. The Morgan fingerprint density at radius 3 is 2.67 bits per heavy atom. The van der Waals surface area contributed by atoms with Crippen LogP contribution in [-0.4, -0.2) is 9.97 Å². The van der Waals surface area contributed by atoms with Crippen LogP contribution in [0.5, 0.6) is 0 Å². The van der Waals surface area contributed by atoms with Gasteiger partial charge in [-0.1, -0.05) is 19.1 Å². The Kier molecular flexibility index (Phi) is 3.53. The zero-order valence-electron chi connectivity index (χ0n) is 10.4. The van der Waals surface area contributed by atoms with Crippen molar-refractivity contribution in [3.8, 4) is 11.4 Å². The van der Waals surface area contributed by atoms with Crippen molar-refractivity contribution in [3.05, 3.63) is 41.3 Å². The molecule has 2 rings (SSSR count). The summed E-state index contributed by atoms with van der Waals surface area (Å²) in [5.41, 5.74) is 4.59. The van der Waals surface area contributed by atoms with E-state index in [0.717, 1.165) is 12.1 Å². The first-order valence-electron chi connectivity index (χ1n) is 5.75. The number of nitrogens with two attached hydrogens (primary N) is 1. The maximum absolute atomic E-state index is 13.5. The smallest absolute Gasteiger partial charge is 0.161 e. The second-order valence-electron chi connectivity index (χ2n) is 4.03. The minimum atomic E-state index is -0.264. The minimum absolute atomic E-state index is 0.264. The van der Waals surface area contributed by atoms with Gasteiger partial charge in [0, 0.05) is 17.3 Å². The van der Waals surface area contributed by atoms with Crippen LogP contribution in [0.1, 0.15) is 18.2 Å². The van der Waals surface area contributed by atoms with E-state index in [-0.39, 0.29) is 5.82 Å². The molecule has 3 N–H and O–H groups in total. The Morgan fingerprint density at radius 1 is 1.28 bits per heavy atom. The highest BCUT2D eigenvalue weighted by molar-refractivity contribution is 5.58. The Labute approximate surface area is 105 Å². The van der Waals surface area contributed by atoms with Crippen LogP contribution < -0.4 is 11.3 Å². The van der Waals surface area contributed by atoms with Gasteiger partial charge >= 0.3 is 0 Å². The first-order valence-corrected chi connectivity index (χ1v) is 5.75. The highest BCUT2D eigenvalue weighted by Gasteiger charge is 2.07. The fourth-order valence-corrected chi connectivity index (χ4v) is 1.61. The van der Waals surface area contributed by atoms with Crippen LogP contribution in [0, 0.1) is 12.7 Å². The molecular formula is C13H15FN4. The zero-order chi connectivity index (χ0) is 13.1. The molecule has 0 atom stereocenters. The summed E-state index contributed by atoms with van der Waals surface area (Å²) in [4.78, 5) is 8.59. The van der Waals surface area contributed by atoms with Crippen LogP contribution >= 0.6 is 0 Å². The SMILES string of the molecule is CCc1cc(NN)nc(-c2ccc(C)c(F)c2)n1. The van der Waals surface area contributed by atoms with E-state index in [2.05, 4.69) is 15.4 Å². The third-order valence-electron chi connectivity index (χ3n) is 2.72. The predicted octanol–water partition coefficient (Wildman–Crippen LogP) is 2.44. The summed E-state index contributed by atoms with van der Waals surface area (Å²) in [6.07, 6.45) is 0.762. The number of nitrogens with zero attached hydrogens (tertiary/aromatic N) is 2. The fourth-order valence-electron chi connectivity index (χ4n) is 1.61. The molecule has 0 saturated heterocycles. The third-order valence-corrected chi connectivity index (χ3v) is 2.72. The lowest BCUT2D eigenvalue weighted by atomic mass is 10.1. The van der Waals surface area contributed by atoms with Crippen molar-refractivity contribution in [1.29, 1.82) is 0 Å². The standard InChI is InChI=1S/C13H15FN4/c1-3-10-7-12(18-15)17-13(16-10)9-5-4-8(2)11(14)6-9/h4-7H,3,15H2,1-2H3,(H,16,17,18). The monoisotopic (exact) mass is 246 g/mol. The maximum Gasteiger partial charge on any atom is 0.161 e. The van der Waals surface area contributed by atoms with Gasteiger partial charge in [-0.3, -0.25) is 0 Å². The Hall–Kier alpha value is -2.01. The van der Waals surface area contributed by atoms with Crippen LogP contribution in [0.3, 0.4) is 0 Å². The quantitative estimate of drug-likeness (QED) is 0.645. The molecule has 1 heterocycles. The lowest BCUT2D eigenvalue weighted by Gasteiger charge is -2.07. The van der Waals surface area contributed by atoms with Crippen molar-refractivity contribution in [1.82, 2.24) is 9.97 Å². The van der Waals surface area contributed by atoms with Crippen molar-refractivity contribution in [3.63, 3.8) is 0 Å². The van der Waals surface area contributed by atoms with E-state index in [4.69, 9.17) is 5.84 Å². The van der Waals surface area contributed by atoms with Crippen molar-refractivity contribution in [2.75, 3.05) is 5.43 Å². The summed E-state index contributed by atoms with van der Waals surface area (Å²) in [5, 5.41) is 0. The number of halogens is 1. The third kappa shape index (κ3) is 2.46. The van der Waals surface area contributed by atoms with Crippen LogP contribution in [0.25, 0.3) is 11.4 Å². The number of aromatic nitrogens is 2. The van der Waals surface area contributed by atoms with Gasteiger partial charge in [-0.2, -0.15) is 0 Å². The molecule has 5 heteroatoms. The second kappa shape index (κ2) is 5.10. The van der Waals surface area contributed by atoms with E-state index in [0.29, 0.717) is 22.8 Å². The number of nitrogen functional groups attached to an aromatic ring is 1. The molecule has 0 unspecified atom stereocenters. The number of nitrogens with one attached hydrogen (secondary N) is 1. The Morgan fingerprint density at radius 2 is 2.06 bits per heavy atom. The topological polar surface area (TPSA) is 63.8 Å². The molecule has 0 saturated carbocycles. The summed E-state index contributed by atoms with van der Waals surface area (Å²) >= 11 is 0. The van der Waals surface area contributed by atoms with E-state index < -0.39 is 0 Å². The first kappa shape index (κ1) is 12.4. The number of rotatable bonds is 3. The molecule has 0 aliphatic rings. The highest BCUT2D eigenvalue weighted by atomic mass is 19.1. The van der Waals surface area contributed by atoms with Crippen LogP contribution in [0.2, 0.25) is 0 Å². The van der Waals surface area contributed by atoms with Crippen molar-refractivity contribution >= 4 is 5.82 Å². The largest absolute Gasteiger partial charge is 0.308 e. The first-order chi connectivity index (χ1) is 8.63. The van der Waals surface area contributed by atoms with Gasteiger partial charge in [0.05, 0.1) is 0 Å². The van der Waals surface area contributed by atoms with Crippen molar-refractivity contribution in [2.45, 2.75) is 20.3 Å². The minimum Gasteiger partial charge on any atom is -0.308 e. The summed E-state index contributed by atoms with van der Waals surface area (Å²) < 4.78 is 13.5. The number of hydrogen-bond acceptors (Lipinski definition) is 4. The molecule has 1 aromatic carbocycles. The van der Waals surface area contributed by atoms with E-state index in [1.807, 2.05) is 6.92 Å². The Bertz CT molecular complexity index is 547. The van der Waals surface area contributed by atoms with Gasteiger partial charge in [0.1, 0.15) is 11.6 Å². The van der Waals surface area contributed by atoms with E-state index in [1.54, 1.807) is 25.1 Å². The summed E-state index contributed by atoms with van der Waals surface area (Å²) in [6, 6.07) is 6.72. The molecule has 18 heavy (non-hydrogen) atoms. The normalized spacial score (nSPS) is 10.4. The number of anilines is 1. The van der Waals surface area contributed by atoms with Gasteiger partial charge in [0.15, 0.2) is 5.82 Å². The number of hydrogen-bond donors (Lipinski definition) is 2. The summed E-state index contributed by atoms with van der Waals surface area (Å²) in [5.74, 6) is 6.10. The van der Waals surface area contributed by atoms with Crippen LogP contribution in [0.15, 0.2) is 24.3 Å². The predicted molar refractivity (Wildman–Crippen MR) is 69.4 cm³/mol. The molecule has 0 aliphatic carbocycles. The van der Waals surface area contributed by atoms with E-state index in [1.165, 1.54) is 6.07 Å². The number of aryl methyl sites for hydroxylation is 2. The van der Waals surface area contributed by atoms with E-state index in [9.17, 15) is 4.39 Å². The molecule has 0 bridgehead atoms. The molecule has 0 spiro atoms. The molecule has 0 aliphatic heterocycles. The molecule has 1 aromatic heterocycles. The van der Waals surface area contributed by atoms with Gasteiger partial charge in [-0.25, -0.2) is 20.2 Å². The van der Waals surface area contributed by atoms with Crippen LogP contribution in [0.4, 0.5) is 10.2 Å². The van der Waals surface area contributed by atoms with Crippen molar-refractivity contribution < 1.29 is 4.39 Å². The number of benzene rings is 1. The molecule has 94 valence electrons. The van der Waals surface area contributed by atoms with E-state index >= 15 is 0 Å². The average molecular weight is 246 g/mol. The van der Waals surface area contributed by atoms with Crippen LogP contribution in [-0.2, 0) is 6.42 Å². The van der Waals surface area contributed by atoms with Gasteiger partial charge < -0.3 is 5.43 Å². The highest BCUT2D eigenvalue weighted by Crippen LogP contribution is 2.20. The number of hydrazine groups is 1. The van der Waals surface area contributed by atoms with Gasteiger partial charge in [-0.15, -0.1) is 0 Å². The lowest BCUT2D eigenvalue weighted by molar-refractivity contribution is 0.619. The Balaban J connectivity index is 2.51. The lowest BCUT2D eigenvalue weighted by Crippen LogP contribution is -2.10. The second-order valence-corrected chi connectivity index (χ2v) is 4.03. The molecule has 4 nitrogen and oxygen atoms in total. The summed E-state index contributed by atoms with van der Waals surface area (Å²) in [7, 11) is 0. The average Bonchev–Trinajstić information content (AvgIpc) is 2.41. The summed E-state index contributed by atoms with van der Waals surface area (Å²) in [6.45, 7) is 3.71. The zero-order valence-corrected chi connectivity index (χ0v) is 10.4.